The Morgan fingerprint density at radius 1 is 1.05 bits per heavy atom. The fraction of sp³-hybridized carbons (Fsp3) is 0.355. The third-order valence-electron chi connectivity index (χ3n) is 7.68. The van der Waals surface area contributed by atoms with Crippen LogP contribution in [-0.2, 0) is 9.59 Å². The van der Waals surface area contributed by atoms with Crippen LogP contribution in [0.3, 0.4) is 0 Å². The Labute approximate surface area is 232 Å². The highest BCUT2D eigenvalue weighted by molar-refractivity contribution is 5.95. The lowest BCUT2D eigenvalue weighted by Gasteiger charge is -2.30. The summed E-state index contributed by atoms with van der Waals surface area (Å²) < 4.78 is 31.1. The summed E-state index contributed by atoms with van der Waals surface area (Å²) >= 11 is 0. The zero-order chi connectivity index (χ0) is 28.2. The van der Waals surface area contributed by atoms with E-state index in [1.54, 1.807) is 43.5 Å². The van der Waals surface area contributed by atoms with Crippen LogP contribution in [0.25, 0.3) is 0 Å². The Morgan fingerprint density at radius 3 is 2.48 bits per heavy atom. The zero-order valence-corrected chi connectivity index (χ0v) is 22.6. The molecule has 5 rings (SSSR count). The fourth-order valence-corrected chi connectivity index (χ4v) is 5.70. The first kappa shape index (κ1) is 27.5. The maximum Gasteiger partial charge on any atom is 0.309 e. The number of unbranched alkanes of at least 4 members (excludes halogenated alkanes) is 1. The SMILES string of the molecule is CCCCN(C(=O)CN1CC(c2ccc3c(c2)OCO3)C(C(=O)O)C1c1ccc(OC)cc1)c1ccccc1F. The number of carboxylic acids is 1. The Hall–Kier alpha value is -4.11. The van der Waals surface area contributed by atoms with Gasteiger partial charge in [0.15, 0.2) is 11.5 Å². The number of nitrogens with zero attached hydrogens (tertiary/aromatic N) is 2. The molecule has 1 saturated heterocycles. The van der Waals surface area contributed by atoms with Gasteiger partial charge in [-0.2, -0.15) is 0 Å². The number of carboxylic acid groups (broad SMARTS) is 1. The highest BCUT2D eigenvalue weighted by Crippen LogP contribution is 2.48. The molecule has 8 nitrogen and oxygen atoms in total. The summed E-state index contributed by atoms with van der Waals surface area (Å²) in [5.74, 6) is -1.16. The number of rotatable bonds is 10. The lowest BCUT2D eigenvalue weighted by molar-refractivity contribution is -0.143. The average Bonchev–Trinajstić information content (AvgIpc) is 3.58. The molecule has 0 bridgehead atoms. The van der Waals surface area contributed by atoms with Gasteiger partial charge in [0.25, 0.3) is 0 Å². The Balaban J connectivity index is 1.51. The smallest absolute Gasteiger partial charge is 0.309 e. The Kier molecular flexibility index (Phi) is 8.21. The van der Waals surface area contributed by atoms with Crippen molar-refractivity contribution in [2.45, 2.75) is 31.7 Å². The van der Waals surface area contributed by atoms with Crippen LogP contribution in [0, 0.1) is 11.7 Å². The van der Waals surface area contributed by atoms with Gasteiger partial charge < -0.3 is 24.2 Å². The monoisotopic (exact) mass is 548 g/mol. The van der Waals surface area contributed by atoms with E-state index in [4.69, 9.17) is 14.2 Å². The van der Waals surface area contributed by atoms with E-state index in [1.807, 2.05) is 36.1 Å². The van der Waals surface area contributed by atoms with Gasteiger partial charge in [-0.05, 0) is 53.9 Å². The number of anilines is 1. The number of halogens is 1. The number of likely N-dealkylation sites (tertiary alicyclic amines) is 1. The van der Waals surface area contributed by atoms with Crippen molar-refractivity contribution in [3.63, 3.8) is 0 Å². The second-order valence-corrected chi connectivity index (χ2v) is 10.1. The van der Waals surface area contributed by atoms with E-state index in [9.17, 15) is 19.1 Å². The highest BCUT2D eigenvalue weighted by atomic mass is 19.1. The van der Waals surface area contributed by atoms with Gasteiger partial charge in [-0.25, -0.2) is 4.39 Å². The second-order valence-electron chi connectivity index (χ2n) is 10.1. The maximum atomic E-state index is 14.8. The molecule has 3 unspecified atom stereocenters. The van der Waals surface area contributed by atoms with Gasteiger partial charge in [-0.15, -0.1) is 0 Å². The number of para-hydroxylation sites is 1. The minimum absolute atomic E-state index is 0.0699. The molecular formula is C31H33FN2O6. The second kappa shape index (κ2) is 12.0. The predicted octanol–water partition coefficient (Wildman–Crippen LogP) is 5.24. The van der Waals surface area contributed by atoms with Crippen molar-refractivity contribution in [2.24, 2.45) is 5.92 Å². The molecule has 1 N–H and O–H groups in total. The minimum atomic E-state index is -0.963. The topological polar surface area (TPSA) is 88.5 Å². The van der Waals surface area contributed by atoms with E-state index in [2.05, 4.69) is 0 Å². The van der Waals surface area contributed by atoms with Gasteiger partial charge in [0, 0.05) is 25.0 Å². The summed E-state index contributed by atoms with van der Waals surface area (Å²) in [5, 5.41) is 10.5. The Bertz CT molecular complexity index is 1360. The minimum Gasteiger partial charge on any atom is -0.497 e. The summed E-state index contributed by atoms with van der Waals surface area (Å²) in [4.78, 5) is 30.0. The lowest BCUT2D eigenvalue weighted by atomic mass is 9.82. The molecule has 1 amide bonds. The van der Waals surface area contributed by atoms with Gasteiger partial charge in [0.1, 0.15) is 11.6 Å². The standard InChI is InChI=1S/C31H33FN2O6/c1-3-4-15-34(25-8-6-5-7-24(25)32)28(35)18-33-17-23(21-11-14-26-27(16-21)40-19-39-26)29(31(36)37)30(33)20-9-12-22(38-2)13-10-20/h5-14,16,23,29-30H,3-4,15,17-19H2,1-2H3,(H,36,37). The molecule has 40 heavy (non-hydrogen) atoms. The van der Waals surface area contributed by atoms with Crippen molar-refractivity contribution in [1.29, 1.82) is 0 Å². The van der Waals surface area contributed by atoms with Crippen LogP contribution in [0.1, 0.15) is 42.9 Å². The van der Waals surface area contributed by atoms with Crippen LogP contribution < -0.4 is 19.1 Å². The molecule has 0 saturated carbocycles. The van der Waals surface area contributed by atoms with Gasteiger partial charge in [0.05, 0.1) is 25.3 Å². The fourth-order valence-electron chi connectivity index (χ4n) is 5.70. The summed E-state index contributed by atoms with van der Waals surface area (Å²) in [6.45, 7) is 2.74. The molecule has 210 valence electrons. The third-order valence-corrected chi connectivity index (χ3v) is 7.68. The molecule has 0 spiro atoms. The first-order valence-electron chi connectivity index (χ1n) is 13.5. The van der Waals surface area contributed by atoms with Gasteiger partial charge in [-0.3, -0.25) is 14.5 Å². The van der Waals surface area contributed by atoms with E-state index in [-0.39, 0.29) is 24.9 Å². The van der Waals surface area contributed by atoms with Crippen LogP contribution in [0.4, 0.5) is 10.1 Å². The molecular weight excluding hydrogens is 515 g/mol. The largest absolute Gasteiger partial charge is 0.497 e. The van der Waals surface area contributed by atoms with Crippen molar-refractivity contribution in [1.82, 2.24) is 4.90 Å². The zero-order valence-electron chi connectivity index (χ0n) is 22.6. The molecule has 0 aliphatic carbocycles. The molecule has 3 aromatic rings. The highest BCUT2D eigenvalue weighted by Gasteiger charge is 2.48. The molecule has 2 aliphatic rings. The number of fused-ring (bicyclic) bond motifs is 1. The Morgan fingerprint density at radius 2 is 1.77 bits per heavy atom. The van der Waals surface area contributed by atoms with E-state index in [0.717, 1.165) is 17.5 Å². The summed E-state index contributed by atoms with van der Waals surface area (Å²) in [6.07, 6.45) is 1.54. The molecule has 0 aromatic heterocycles. The number of hydrogen-bond acceptors (Lipinski definition) is 6. The summed E-state index contributed by atoms with van der Waals surface area (Å²) in [6, 6.07) is 18.4. The molecule has 3 aromatic carbocycles. The van der Waals surface area contributed by atoms with E-state index < -0.39 is 29.7 Å². The quantitative estimate of drug-likeness (QED) is 0.371. The van der Waals surface area contributed by atoms with Crippen LogP contribution in [0.15, 0.2) is 66.7 Å². The van der Waals surface area contributed by atoms with Crippen LogP contribution in [-0.4, -0.2) is 55.4 Å². The summed E-state index contributed by atoms with van der Waals surface area (Å²) in [7, 11) is 1.57. The van der Waals surface area contributed by atoms with Crippen molar-refractivity contribution in [2.75, 3.05) is 38.4 Å². The number of ether oxygens (including phenoxy) is 3. The van der Waals surface area contributed by atoms with E-state index >= 15 is 0 Å². The predicted molar refractivity (Wildman–Crippen MR) is 147 cm³/mol. The van der Waals surface area contributed by atoms with E-state index in [1.165, 1.54) is 11.0 Å². The summed E-state index contributed by atoms with van der Waals surface area (Å²) in [5.41, 5.74) is 1.78. The molecule has 3 atom stereocenters. The first-order chi connectivity index (χ1) is 19.4. The van der Waals surface area contributed by atoms with Crippen LogP contribution in [0.2, 0.25) is 0 Å². The average molecular weight is 549 g/mol. The number of aliphatic carboxylic acids is 1. The van der Waals surface area contributed by atoms with Crippen molar-refractivity contribution in [3.05, 3.63) is 83.7 Å². The molecule has 0 radical (unpaired) electrons. The molecule has 9 heteroatoms. The number of hydrogen-bond donors (Lipinski definition) is 1. The van der Waals surface area contributed by atoms with Gasteiger partial charge in [-0.1, -0.05) is 43.7 Å². The first-order valence-corrected chi connectivity index (χ1v) is 13.5. The number of methoxy groups -OCH3 is 1. The van der Waals surface area contributed by atoms with Crippen LogP contribution in [0.5, 0.6) is 17.2 Å². The normalized spacial score (nSPS) is 19.9. The van der Waals surface area contributed by atoms with E-state index in [0.29, 0.717) is 36.8 Å². The van der Waals surface area contributed by atoms with Crippen LogP contribution >= 0.6 is 0 Å². The number of carbonyl (C=O) groups excluding carboxylic acids is 1. The molecule has 2 aliphatic heterocycles. The maximum absolute atomic E-state index is 14.8. The molecule has 2 heterocycles. The number of carbonyl (C=O) groups is 2. The number of benzene rings is 3. The van der Waals surface area contributed by atoms with Gasteiger partial charge >= 0.3 is 5.97 Å². The number of amides is 1. The lowest BCUT2D eigenvalue weighted by Crippen LogP contribution is -2.42. The van der Waals surface area contributed by atoms with Crippen molar-refractivity contribution >= 4 is 17.6 Å². The third kappa shape index (κ3) is 5.47. The van der Waals surface area contributed by atoms with Crippen molar-refractivity contribution in [3.8, 4) is 17.2 Å². The molecule has 1 fully saturated rings. The van der Waals surface area contributed by atoms with Crippen molar-refractivity contribution < 1.29 is 33.3 Å². The van der Waals surface area contributed by atoms with Gasteiger partial charge in [0.2, 0.25) is 12.7 Å².